The molecule has 0 unspecified atom stereocenters. The van der Waals surface area contributed by atoms with Crippen LogP contribution in [-0.4, -0.2) is 26.2 Å². The van der Waals surface area contributed by atoms with E-state index in [1.807, 2.05) is 0 Å². The lowest BCUT2D eigenvalue weighted by atomic mass is 9.70. The van der Waals surface area contributed by atoms with E-state index in [0.717, 1.165) is 25.4 Å². The largest absolute Gasteiger partial charge is 0.469 e. The zero-order valence-corrected chi connectivity index (χ0v) is 8.79. The summed E-state index contributed by atoms with van der Waals surface area (Å²) < 4.78 is 4.88. The molecule has 3 nitrogen and oxygen atoms in total. The first-order chi connectivity index (χ1) is 6.83. The van der Waals surface area contributed by atoms with Crippen LogP contribution in [0, 0.1) is 17.8 Å². The van der Waals surface area contributed by atoms with Gasteiger partial charge in [-0.2, -0.15) is 0 Å². The van der Waals surface area contributed by atoms with E-state index in [1.165, 1.54) is 26.4 Å². The fourth-order valence-electron chi connectivity index (χ4n) is 2.78. The molecule has 14 heavy (non-hydrogen) atoms. The fourth-order valence-corrected chi connectivity index (χ4v) is 2.78. The number of rotatable bonds is 2. The van der Waals surface area contributed by atoms with Gasteiger partial charge in [-0.15, -0.1) is 0 Å². The number of ether oxygens (including phenoxy) is 1. The molecule has 2 rings (SSSR count). The number of carbonyl (C=O) groups excluding carboxylic acids is 1. The molecule has 3 heteroatoms. The number of hydrogen-bond acceptors (Lipinski definition) is 3. The lowest BCUT2D eigenvalue weighted by Crippen LogP contribution is -2.50. The first-order valence-corrected chi connectivity index (χ1v) is 5.61. The lowest BCUT2D eigenvalue weighted by molar-refractivity contribution is -0.150. The van der Waals surface area contributed by atoms with Crippen molar-refractivity contribution in [2.45, 2.75) is 25.7 Å². The number of methoxy groups -OCH3 is 1. The summed E-state index contributed by atoms with van der Waals surface area (Å²) in [5, 5.41) is 3.28. The molecule has 0 amide bonds. The molecule has 2 fully saturated rings. The molecule has 0 radical (unpaired) electrons. The molecule has 1 saturated carbocycles. The third-order valence-electron chi connectivity index (χ3n) is 3.74. The van der Waals surface area contributed by atoms with E-state index in [4.69, 9.17) is 4.74 Å². The molecule has 0 aromatic carbocycles. The Morgan fingerprint density at radius 3 is 2.57 bits per heavy atom. The molecule has 80 valence electrons. The second kappa shape index (κ2) is 4.30. The Morgan fingerprint density at radius 2 is 2.00 bits per heavy atom. The quantitative estimate of drug-likeness (QED) is 0.676. The van der Waals surface area contributed by atoms with Crippen LogP contribution in [0.1, 0.15) is 25.7 Å². The second-order valence-electron chi connectivity index (χ2n) is 4.50. The Morgan fingerprint density at radius 1 is 1.29 bits per heavy atom. The molecule has 1 N–H and O–H groups in total. The Labute approximate surface area is 85.2 Å². The van der Waals surface area contributed by atoms with E-state index in [1.54, 1.807) is 0 Å². The molecule has 0 spiro atoms. The molecule has 1 aliphatic carbocycles. The van der Waals surface area contributed by atoms with Crippen LogP contribution in [-0.2, 0) is 9.53 Å². The third kappa shape index (κ3) is 1.78. The van der Waals surface area contributed by atoms with Crippen LogP contribution in [0.25, 0.3) is 0 Å². The highest BCUT2D eigenvalue weighted by molar-refractivity contribution is 5.72. The molecular weight excluding hydrogens is 178 g/mol. The average Bonchev–Trinajstić information content (AvgIpc) is 2.15. The normalized spacial score (nSPS) is 33.5. The zero-order chi connectivity index (χ0) is 9.97. The van der Waals surface area contributed by atoms with Gasteiger partial charge in [0.05, 0.1) is 13.0 Å². The standard InChI is InChI=1S/C11H19NO2/c1-14-11(13)10-5-3-2-4-9(10)8-6-12-7-8/h8-10,12H,2-7H2,1H3/t9-,10-/m1/s1. The molecule has 1 aliphatic heterocycles. The summed E-state index contributed by atoms with van der Waals surface area (Å²) in [4.78, 5) is 11.6. The Kier molecular flexibility index (Phi) is 3.06. The van der Waals surface area contributed by atoms with Crippen molar-refractivity contribution in [3.05, 3.63) is 0 Å². The van der Waals surface area contributed by atoms with Crippen molar-refractivity contribution in [1.82, 2.24) is 5.32 Å². The van der Waals surface area contributed by atoms with Gasteiger partial charge in [-0.3, -0.25) is 4.79 Å². The second-order valence-corrected chi connectivity index (χ2v) is 4.50. The summed E-state index contributed by atoms with van der Waals surface area (Å²) in [6, 6.07) is 0. The van der Waals surface area contributed by atoms with Gasteiger partial charge in [-0.25, -0.2) is 0 Å². The Hall–Kier alpha value is -0.570. The Bertz CT molecular complexity index is 213. The van der Waals surface area contributed by atoms with Crippen LogP contribution in [0.3, 0.4) is 0 Å². The van der Waals surface area contributed by atoms with Gasteiger partial charge in [-0.05, 0) is 37.8 Å². The van der Waals surface area contributed by atoms with Crippen molar-refractivity contribution in [3.8, 4) is 0 Å². The first-order valence-electron chi connectivity index (χ1n) is 5.61. The molecule has 2 atom stereocenters. The van der Waals surface area contributed by atoms with E-state index in [-0.39, 0.29) is 11.9 Å². The minimum absolute atomic E-state index is 0.0154. The maximum absolute atomic E-state index is 11.6. The predicted molar refractivity (Wildman–Crippen MR) is 53.8 cm³/mol. The molecule has 2 aliphatic rings. The summed E-state index contributed by atoms with van der Waals surface area (Å²) >= 11 is 0. The molecular formula is C11H19NO2. The van der Waals surface area contributed by atoms with Crippen molar-refractivity contribution in [2.75, 3.05) is 20.2 Å². The molecule has 1 saturated heterocycles. The first kappa shape index (κ1) is 9.97. The van der Waals surface area contributed by atoms with Gasteiger partial charge >= 0.3 is 5.97 Å². The van der Waals surface area contributed by atoms with Gasteiger partial charge in [0, 0.05) is 0 Å². The van der Waals surface area contributed by atoms with Crippen LogP contribution in [0.15, 0.2) is 0 Å². The van der Waals surface area contributed by atoms with Crippen molar-refractivity contribution >= 4 is 5.97 Å². The van der Waals surface area contributed by atoms with Crippen LogP contribution >= 0.6 is 0 Å². The van der Waals surface area contributed by atoms with Gasteiger partial charge in [0.25, 0.3) is 0 Å². The summed E-state index contributed by atoms with van der Waals surface area (Å²) in [5.41, 5.74) is 0. The van der Waals surface area contributed by atoms with Gasteiger partial charge in [0.1, 0.15) is 0 Å². The van der Waals surface area contributed by atoms with Crippen LogP contribution in [0.5, 0.6) is 0 Å². The van der Waals surface area contributed by atoms with Crippen LogP contribution in [0.4, 0.5) is 0 Å². The lowest BCUT2D eigenvalue weighted by Gasteiger charge is -2.40. The molecule has 1 heterocycles. The maximum atomic E-state index is 11.6. The maximum Gasteiger partial charge on any atom is 0.308 e. The Balaban J connectivity index is 1.98. The molecule has 0 bridgehead atoms. The van der Waals surface area contributed by atoms with Gasteiger partial charge < -0.3 is 10.1 Å². The summed E-state index contributed by atoms with van der Waals surface area (Å²) in [7, 11) is 1.51. The van der Waals surface area contributed by atoms with E-state index < -0.39 is 0 Å². The van der Waals surface area contributed by atoms with Crippen molar-refractivity contribution in [3.63, 3.8) is 0 Å². The highest BCUT2D eigenvalue weighted by Crippen LogP contribution is 2.37. The highest BCUT2D eigenvalue weighted by Gasteiger charge is 2.38. The highest BCUT2D eigenvalue weighted by atomic mass is 16.5. The minimum atomic E-state index is 0.0154. The monoisotopic (exact) mass is 197 g/mol. The van der Waals surface area contributed by atoms with Gasteiger partial charge in [0.15, 0.2) is 0 Å². The van der Waals surface area contributed by atoms with E-state index in [0.29, 0.717) is 5.92 Å². The van der Waals surface area contributed by atoms with Crippen LogP contribution in [0.2, 0.25) is 0 Å². The number of nitrogens with one attached hydrogen (secondary N) is 1. The smallest absolute Gasteiger partial charge is 0.308 e. The van der Waals surface area contributed by atoms with Gasteiger partial charge in [0.2, 0.25) is 0 Å². The van der Waals surface area contributed by atoms with E-state index in [2.05, 4.69) is 5.32 Å². The topological polar surface area (TPSA) is 38.3 Å². The van der Waals surface area contributed by atoms with Gasteiger partial charge in [-0.1, -0.05) is 12.8 Å². The number of hydrogen-bond donors (Lipinski definition) is 1. The van der Waals surface area contributed by atoms with Crippen LogP contribution < -0.4 is 5.32 Å². The number of carbonyl (C=O) groups is 1. The summed E-state index contributed by atoms with van der Waals surface area (Å²) in [6.07, 6.45) is 4.73. The predicted octanol–water partition coefficient (Wildman–Crippen LogP) is 1.19. The zero-order valence-electron chi connectivity index (χ0n) is 8.79. The summed E-state index contributed by atoms with van der Waals surface area (Å²) in [5.74, 6) is 1.50. The van der Waals surface area contributed by atoms with Crippen molar-refractivity contribution in [1.29, 1.82) is 0 Å². The minimum Gasteiger partial charge on any atom is -0.469 e. The molecule has 0 aromatic heterocycles. The number of esters is 1. The van der Waals surface area contributed by atoms with E-state index in [9.17, 15) is 4.79 Å². The third-order valence-corrected chi connectivity index (χ3v) is 3.74. The summed E-state index contributed by atoms with van der Waals surface area (Å²) in [6.45, 7) is 2.19. The fraction of sp³-hybridized carbons (Fsp3) is 0.909. The van der Waals surface area contributed by atoms with Crippen molar-refractivity contribution < 1.29 is 9.53 Å². The average molecular weight is 197 g/mol. The SMILES string of the molecule is COC(=O)[C@@H]1CCCC[C@@H]1C1CNC1. The van der Waals surface area contributed by atoms with E-state index >= 15 is 0 Å². The van der Waals surface area contributed by atoms with Crippen molar-refractivity contribution in [2.24, 2.45) is 17.8 Å². The molecule has 0 aromatic rings.